The van der Waals surface area contributed by atoms with Gasteiger partial charge in [0.15, 0.2) is 0 Å². The fourth-order valence-electron chi connectivity index (χ4n) is 3.53. The van der Waals surface area contributed by atoms with Gasteiger partial charge in [-0.2, -0.15) is 4.31 Å². The first-order valence-corrected chi connectivity index (χ1v) is 10.3. The van der Waals surface area contributed by atoms with Gasteiger partial charge in [0.25, 0.3) is 0 Å². The number of piperazine rings is 1. The zero-order chi connectivity index (χ0) is 18.9. The summed E-state index contributed by atoms with van der Waals surface area (Å²) in [4.78, 5) is 4.55. The van der Waals surface area contributed by atoms with Gasteiger partial charge in [0.1, 0.15) is 5.75 Å². The number of ether oxygens (including phenoxy) is 1. The van der Waals surface area contributed by atoms with Crippen molar-refractivity contribution >= 4 is 33.3 Å². The van der Waals surface area contributed by atoms with E-state index >= 15 is 0 Å². The van der Waals surface area contributed by atoms with Gasteiger partial charge in [-0.05, 0) is 30.3 Å². The van der Waals surface area contributed by atoms with Crippen LogP contribution in [0.2, 0.25) is 0 Å². The monoisotopic (exact) mass is 419 g/mol. The van der Waals surface area contributed by atoms with Gasteiger partial charge in [-0.25, -0.2) is 8.42 Å². The van der Waals surface area contributed by atoms with Crippen molar-refractivity contribution in [2.75, 3.05) is 26.7 Å². The Morgan fingerprint density at radius 2 is 1.96 bits per heavy atom. The minimum Gasteiger partial charge on any atom is -0.496 e. The van der Waals surface area contributed by atoms with E-state index in [1.165, 1.54) is 0 Å². The average molecular weight is 420 g/mol. The Kier molecular flexibility index (Phi) is 6.20. The lowest BCUT2D eigenvalue weighted by atomic mass is 10.0. The summed E-state index contributed by atoms with van der Waals surface area (Å²) in [6, 6.07) is 16.0. The van der Waals surface area contributed by atoms with Gasteiger partial charge in [0.2, 0.25) is 10.0 Å². The van der Waals surface area contributed by atoms with Crippen LogP contribution >= 0.6 is 12.4 Å². The summed E-state index contributed by atoms with van der Waals surface area (Å²) in [5, 5.41) is 4.10. The van der Waals surface area contributed by atoms with Gasteiger partial charge < -0.3 is 10.1 Å². The maximum Gasteiger partial charge on any atom is 0.243 e. The lowest BCUT2D eigenvalue weighted by Gasteiger charge is -2.36. The minimum absolute atomic E-state index is 0. The number of methoxy groups -OCH3 is 1. The van der Waals surface area contributed by atoms with Crippen molar-refractivity contribution < 1.29 is 13.2 Å². The highest BCUT2D eigenvalue weighted by Gasteiger charge is 2.35. The largest absolute Gasteiger partial charge is 0.496 e. The summed E-state index contributed by atoms with van der Waals surface area (Å²) in [6.07, 6.45) is 1.70. The fraction of sp³-hybridized carbons (Fsp3) is 0.250. The Hall–Kier alpha value is -2.19. The molecule has 8 heteroatoms. The molecule has 2 aromatic carbocycles. The SMILES string of the molecule is COc1ccccc1C1CNCCN1S(=O)(=O)c1ccc2ncccc2c1.Cl. The third kappa shape index (κ3) is 3.71. The molecular weight excluding hydrogens is 398 g/mol. The number of hydrogen-bond acceptors (Lipinski definition) is 5. The molecule has 1 atom stereocenters. The molecule has 0 saturated carbocycles. The molecule has 0 bridgehead atoms. The second kappa shape index (κ2) is 8.45. The maximum atomic E-state index is 13.5. The summed E-state index contributed by atoms with van der Waals surface area (Å²) < 4.78 is 33.9. The van der Waals surface area contributed by atoms with Crippen LogP contribution in [0.3, 0.4) is 0 Å². The second-order valence-electron chi connectivity index (χ2n) is 6.44. The van der Waals surface area contributed by atoms with Crippen molar-refractivity contribution in [1.29, 1.82) is 0 Å². The zero-order valence-corrected chi connectivity index (χ0v) is 17.0. The maximum absolute atomic E-state index is 13.5. The predicted molar refractivity (Wildman–Crippen MR) is 111 cm³/mol. The highest BCUT2D eigenvalue weighted by molar-refractivity contribution is 7.89. The van der Waals surface area contributed by atoms with Gasteiger partial charge >= 0.3 is 0 Å². The Morgan fingerprint density at radius 1 is 1.14 bits per heavy atom. The minimum atomic E-state index is -3.67. The number of aromatic nitrogens is 1. The van der Waals surface area contributed by atoms with Crippen molar-refractivity contribution in [3.05, 3.63) is 66.4 Å². The average Bonchev–Trinajstić information content (AvgIpc) is 2.73. The van der Waals surface area contributed by atoms with Crippen LogP contribution in [0.5, 0.6) is 5.75 Å². The lowest BCUT2D eigenvalue weighted by Crippen LogP contribution is -2.48. The topological polar surface area (TPSA) is 71.5 Å². The molecule has 2 heterocycles. The molecular formula is C20H22ClN3O3S. The van der Waals surface area contributed by atoms with Crippen LogP contribution in [0.4, 0.5) is 0 Å². The first-order chi connectivity index (χ1) is 13.1. The standard InChI is InChI=1S/C20H21N3O3S.ClH/c1-26-20-7-3-2-6-17(20)19-14-21-11-12-23(19)27(24,25)16-8-9-18-15(13-16)5-4-10-22-18;/h2-10,13,19,21H,11-12,14H2,1H3;1H. The number of halogens is 1. The number of nitrogens with one attached hydrogen (secondary N) is 1. The van der Waals surface area contributed by atoms with E-state index in [1.54, 1.807) is 41.9 Å². The van der Waals surface area contributed by atoms with E-state index in [4.69, 9.17) is 4.74 Å². The third-order valence-corrected chi connectivity index (χ3v) is 6.78. The van der Waals surface area contributed by atoms with E-state index in [0.29, 0.717) is 25.4 Å². The number of hydrogen-bond donors (Lipinski definition) is 1. The molecule has 4 rings (SSSR count). The Morgan fingerprint density at radius 3 is 2.79 bits per heavy atom. The van der Waals surface area contributed by atoms with Gasteiger partial charge in [0.05, 0.1) is 23.6 Å². The van der Waals surface area contributed by atoms with Crippen LogP contribution in [-0.2, 0) is 10.0 Å². The zero-order valence-electron chi connectivity index (χ0n) is 15.4. The predicted octanol–water partition coefficient (Wildman–Crippen LogP) is 3.00. The molecule has 6 nitrogen and oxygen atoms in total. The molecule has 1 unspecified atom stereocenters. The molecule has 28 heavy (non-hydrogen) atoms. The van der Waals surface area contributed by atoms with Crippen LogP contribution in [0, 0.1) is 0 Å². The van der Waals surface area contributed by atoms with Crippen LogP contribution < -0.4 is 10.1 Å². The second-order valence-corrected chi connectivity index (χ2v) is 8.33. The summed E-state index contributed by atoms with van der Waals surface area (Å²) >= 11 is 0. The Bertz CT molecular complexity index is 1070. The molecule has 0 spiro atoms. The van der Waals surface area contributed by atoms with Gasteiger partial charge in [-0.15, -0.1) is 12.4 Å². The quantitative estimate of drug-likeness (QED) is 0.703. The molecule has 0 amide bonds. The number of benzene rings is 2. The number of sulfonamides is 1. The smallest absolute Gasteiger partial charge is 0.243 e. The van der Waals surface area contributed by atoms with Crippen molar-refractivity contribution in [2.24, 2.45) is 0 Å². The van der Waals surface area contributed by atoms with Crippen molar-refractivity contribution in [3.63, 3.8) is 0 Å². The molecule has 0 radical (unpaired) electrons. The highest BCUT2D eigenvalue weighted by Crippen LogP contribution is 2.34. The number of fused-ring (bicyclic) bond motifs is 1. The Labute approximate surface area is 171 Å². The molecule has 1 saturated heterocycles. The first kappa shape index (κ1) is 20.5. The first-order valence-electron chi connectivity index (χ1n) is 8.81. The highest BCUT2D eigenvalue weighted by atomic mass is 35.5. The van der Waals surface area contributed by atoms with Crippen LogP contribution in [0.25, 0.3) is 10.9 Å². The van der Waals surface area contributed by atoms with E-state index < -0.39 is 10.0 Å². The molecule has 3 aromatic rings. The number of pyridine rings is 1. The lowest BCUT2D eigenvalue weighted by molar-refractivity contribution is 0.264. The third-order valence-electron chi connectivity index (χ3n) is 4.87. The summed E-state index contributed by atoms with van der Waals surface area (Å²) in [7, 11) is -2.06. The van der Waals surface area contributed by atoms with E-state index in [0.717, 1.165) is 16.5 Å². The van der Waals surface area contributed by atoms with Gasteiger partial charge in [-0.1, -0.05) is 24.3 Å². The molecule has 1 aliphatic heterocycles. The molecule has 1 fully saturated rings. The van der Waals surface area contributed by atoms with Crippen molar-refractivity contribution in [2.45, 2.75) is 10.9 Å². The van der Waals surface area contributed by atoms with Gasteiger partial charge in [0, 0.05) is 36.8 Å². The molecule has 148 valence electrons. The normalized spacial score (nSPS) is 17.8. The van der Waals surface area contributed by atoms with Crippen LogP contribution in [0.1, 0.15) is 11.6 Å². The molecule has 0 aliphatic carbocycles. The summed E-state index contributed by atoms with van der Waals surface area (Å²) in [6.45, 7) is 1.55. The summed E-state index contributed by atoms with van der Waals surface area (Å²) in [5.41, 5.74) is 1.64. The Balaban J connectivity index is 0.00000225. The van der Waals surface area contributed by atoms with Crippen LogP contribution in [-0.4, -0.2) is 44.5 Å². The van der Waals surface area contributed by atoms with E-state index in [1.807, 2.05) is 30.3 Å². The molecule has 1 N–H and O–H groups in total. The van der Waals surface area contributed by atoms with Crippen LogP contribution in [0.15, 0.2) is 65.7 Å². The van der Waals surface area contributed by atoms with Gasteiger partial charge in [-0.3, -0.25) is 4.98 Å². The van der Waals surface area contributed by atoms with E-state index in [9.17, 15) is 8.42 Å². The van der Waals surface area contributed by atoms with Crippen molar-refractivity contribution in [1.82, 2.24) is 14.6 Å². The number of nitrogens with zero attached hydrogens (tertiary/aromatic N) is 2. The van der Waals surface area contributed by atoms with E-state index in [2.05, 4.69) is 10.3 Å². The number of rotatable bonds is 4. The molecule has 1 aliphatic rings. The number of para-hydroxylation sites is 1. The molecule has 1 aromatic heterocycles. The van der Waals surface area contributed by atoms with Crippen molar-refractivity contribution in [3.8, 4) is 5.75 Å². The summed E-state index contributed by atoms with van der Waals surface area (Å²) in [5.74, 6) is 0.689. The fourth-order valence-corrected chi connectivity index (χ4v) is 5.17. The van der Waals surface area contributed by atoms with E-state index in [-0.39, 0.29) is 23.3 Å².